The molecule has 0 aliphatic carbocycles. The number of hydrogen-bond donors (Lipinski definition) is 0. The Labute approximate surface area is 234 Å². The monoisotopic (exact) mass is 580 g/mol. The van der Waals surface area contributed by atoms with Gasteiger partial charge in [0.25, 0.3) is 0 Å². The number of amides is 1. The van der Waals surface area contributed by atoms with Crippen molar-refractivity contribution < 1.29 is 35.5 Å². The second kappa shape index (κ2) is 11.1. The molecule has 0 N–H and O–H groups in total. The Bertz CT molecular complexity index is 1370. The summed E-state index contributed by atoms with van der Waals surface area (Å²) in [6.07, 6.45) is -10.1. The Morgan fingerprint density at radius 1 is 0.854 bits per heavy atom. The van der Waals surface area contributed by atoms with Crippen molar-refractivity contribution in [2.45, 2.75) is 57.0 Å². The predicted molar refractivity (Wildman–Crippen MR) is 142 cm³/mol. The molecule has 1 amide bonds. The van der Waals surface area contributed by atoms with Gasteiger partial charge in [0.1, 0.15) is 5.82 Å². The minimum absolute atomic E-state index is 0.0551. The van der Waals surface area contributed by atoms with Crippen LogP contribution in [0.2, 0.25) is 0 Å². The second-order valence-electron chi connectivity index (χ2n) is 11.2. The number of carbonyl (C=O) groups is 1. The van der Waals surface area contributed by atoms with Gasteiger partial charge in [-0.3, -0.25) is 9.69 Å². The van der Waals surface area contributed by atoms with E-state index in [4.69, 9.17) is 0 Å². The van der Waals surface area contributed by atoms with E-state index in [1.54, 1.807) is 13.0 Å². The van der Waals surface area contributed by atoms with Crippen LogP contribution in [0.15, 0.2) is 66.7 Å². The molecule has 2 atom stereocenters. The van der Waals surface area contributed by atoms with Crippen LogP contribution in [0.3, 0.4) is 0 Å². The largest absolute Gasteiger partial charge is 0.416 e. The molecular formula is C31H31F7N2O. The first-order valence-corrected chi connectivity index (χ1v) is 13.1. The normalized spacial score (nSPS) is 18.5. The lowest BCUT2D eigenvalue weighted by Gasteiger charge is -2.36. The molecule has 41 heavy (non-hydrogen) atoms. The van der Waals surface area contributed by atoms with Gasteiger partial charge in [-0.05, 0) is 73.4 Å². The minimum Gasteiger partial charge on any atom is -0.340 e. The third-order valence-electron chi connectivity index (χ3n) is 7.91. The Hall–Kier alpha value is -3.40. The van der Waals surface area contributed by atoms with Gasteiger partial charge < -0.3 is 4.90 Å². The van der Waals surface area contributed by atoms with E-state index >= 15 is 0 Å². The van der Waals surface area contributed by atoms with Crippen molar-refractivity contribution in [3.63, 3.8) is 0 Å². The zero-order valence-corrected chi connectivity index (χ0v) is 23.1. The Kier molecular flexibility index (Phi) is 8.28. The van der Waals surface area contributed by atoms with Crippen LogP contribution in [0, 0.1) is 12.7 Å². The van der Waals surface area contributed by atoms with Gasteiger partial charge >= 0.3 is 12.4 Å². The summed E-state index contributed by atoms with van der Waals surface area (Å²) in [5.41, 5.74) is -2.49. The molecule has 10 heteroatoms. The summed E-state index contributed by atoms with van der Waals surface area (Å²) in [7, 11) is 1.52. The number of halogens is 7. The van der Waals surface area contributed by atoms with Crippen LogP contribution in [-0.4, -0.2) is 41.9 Å². The number of alkyl halides is 6. The molecule has 0 saturated carbocycles. The van der Waals surface area contributed by atoms with Gasteiger partial charge in [-0.1, -0.05) is 36.4 Å². The van der Waals surface area contributed by atoms with Crippen LogP contribution >= 0.6 is 0 Å². The molecule has 1 aliphatic heterocycles. The summed E-state index contributed by atoms with van der Waals surface area (Å²) in [5, 5.41) is 0. The van der Waals surface area contributed by atoms with Crippen molar-refractivity contribution in [1.82, 2.24) is 9.80 Å². The maximum Gasteiger partial charge on any atom is 0.416 e. The second-order valence-corrected chi connectivity index (χ2v) is 11.2. The highest BCUT2D eigenvalue weighted by molar-refractivity contribution is 5.87. The number of rotatable bonds is 6. The third-order valence-corrected chi connectivity index (χ3v) is 7.91. The maximum absolute atomic E-state index is 13.9. The van der Waals surface area contributed by atoms with Crippen LogP contribution in [0.1, 0.15) is 53.1 Å². The molecule has 220 valence electrons. The van der Waals surface area contributed by atoms with Crippen LogP contribution in [-0.2, 0) is 29.1 Å². The molecule has 1 saturated heterocycles. The lowest BCUT2D eigenvalue weighted by molar-refractivity contribution is -0.144. The number of likely N-dealkylation sites (N-methyl/N-ethyl adjacent to an activating group) is 1. The Morgan fingerprint density at radius 3 is 1.95 bits per heavy atom. The predicted octanol–water partition coefficient (Wildman–Crippen LogP) is 7.58. The molecule has 4 rings (SSSR count). The van der Waals surface area contributed by atoms with E-state index in [0.717, 1.165) is 11.1 Å². The highest BCUT2D eigenvalue weighted by Gasteiger charge is 2.44. The van der Waals surface area contributed by atoms with Crippen LogP contribution in [0.25, 0.3) is 0 Å². The summed E-state index contributed by atoms with van der Waals surface area (Å²) in [6, 6.07) is 14.9. The van der Waals surface area contributed by atoms with Gasteiger partial charge in [-0.25, -0.2) is 4.39 Å². The van der Waals surface area contributed by atoms with Gasteiger partial charge in [0.2, 0.25) is 5.91 Å². The molecule has 0 unspecified atom stereocenters. The van der Waals surface area contributed by atoms with Crippen molar-refractivity contribution in [2.24, 2.45) is 0 Å². The van der Waals surface area contributed by atoms with Gasteiger partial charge in [-0.2, -0.15) is 26.3 Å². The molecule has 3 aromatic rings. The van der Waals surface area contributed by atoms with E-state index in [1.807, 2.05) is 30.3 Å². The standard InChI is InChI=1S/C31H31F7N2O/c1-19-12-24(32)10-11-25(19)26-17-40(16-20-8-6-5-7-9-20)18-27(26)39(4)28(41)29(2,3)21-13-22(30(33,34)35)15-23(14-21)31(36,37)38/h5-15,26-27H,16-18H2,1-4H3/t26-,27+/m0/s1. The van der Waals surface area contributed by atoms with E-state index in [0.29, 0.717) is 37.3 Å². The SMILES string of the molecule is Cc1cc(F)ccc1[C@@H]1CN(Cc2ccccc2)C[C@H]1N(C)C(=O)C(C)(C)c1cc(C(F)(F)F)cc(C(F)(F)F)c1. The lowest BCUT2D eigenvalue weighted by Crippen LogP contribution is -2.49. The molecule has 1 fully saturated rings. The molecule has 3 nitrogen and oxygen atoms in total. The van der Waals surface area contributed by atoms with Gasteiger partial charge in [-0.15, -0.1) is 0 Å². The minimum atomic E-state index is -5.03. The molecule has 1 heterocycles. The molecule has 3 aromatic carbocycles. The highest BCUT2D eigenvalue weighted by Crippen LogP contribution is 2.41. The third kappa shape index (κ3) is 6.58. The maximum atomic E-state index is 13.9. The van der Waals surface area contributed by atoms with E-state index in [-0.39, 0.29) is 17.5 Å². The number of carbonyl (C=O) groups excluding carboxylic acids is 1. The number of aryl methyl sites for hydroxylation is 1. The summed E-state index contributed by atoms with van der Waals surface area (Å²) < 4.78 is 95.3. The summed E-state index contributed by atoms with van der Waals surface area (Å²) in [4.78, 5) is 17.5. The van der Waals surface area contributed by atoms with Crippen LogP contribution < -0.4 is 0 Å². The molecule has 1 aliphatic rings. The fraction of sp³-hybridized carbons (Fsp3) is 0.387. The molecule has 0 bridgehead atoms. The zero-order valence-electron chi connectivity index (χ0n) is 23.1. The summed E-state index contributed by atoms with van der Waals surface area (Å²) in [5.74, 6) is -1.30. The van der Waals surface area contributed by atoms with Crippen molar-refractivity contribution >= 4 is 5.91 Å². The highest BCUT2D eigenvalue weighted by atomic mass is 19.4. The van der Waals surface area contributed by atoms with E-state index in [9.17, 15) is 35.5 Å². The molecule has 0 spiro atoms. The molecular weight excluding hydrogens is 549 g/mol. The summed E-state index contributed by atoms with van der Waals surface area (Å²) >= 11 is 0. The lowest BCUT2D eigenvalue weighted by atomic mass is 9.80. The fourth-order valence-electron chi connectivity index (χ4n) is 5.62. The summed E-state index contributed by atoms with van der Waals surface area (Å²) in [6.45, 7) is 5.92. The van der Waals surface area contributed by atoms with Crippen molar-refractivity contribution in [3.8, 4) is 0 Å². The van der Waals surface area contributed by atoms with E-state index < -0.39 is 46.7 Å². The van der Waals surface area contributed by atoms with Crippen molar-refractivity contribution in [1.29, 1.82) is 0 Å². The first-order valence-electron chi connectivity index (χ1n) is 13.1. The number of hydrogen-bond acceptors (Lipinski definition) is 2. The van der Waals surface area contributed by atoms with E-state index in [1.165, 1.54) is 37.9 Å². The number of nitrogens with zero attached hydrogens (tertiary/aromatic N) is 2. The first kappa shape index (κ1) is 30.6. The average Bonchev–Trinajstić information content (AvgIpc) is 3.30. The Morgan fingerprint density at radius 2 is 1.41 bits per heavy atom. The van der Waals surface area contributed by atoms with Crippen LogP contribution in [0.5, 0.6) is 0 Å². The van der Waals surface area contributed by atoms with Gasteiger partial charge in [0.15, 0.2) is 0 Å². The fourth-order valence-corrected chi connectivity index (χ4v) is 5.62. The first-order chi connectivity index (χ1) is 19.0. The quantitative estimate of drug-likeness (QED) is 0.281. The number of likely N-dealkylation sites (tertiary alicyclic amines) is 1. The zero-order chi connectivity index (χ0) is 30.3. The average molecular weight is 581 g/mol. The molecule has 0 aromatic heterocycles. The van der Waals surface area contributed by atoms with Crippen molar-refractivity contribution in [2.75, 3.05) is 20.1 Å². The van der Waals surface area contributed by atoms with Crippen molar-refractivity contribution in [3.05, 3.63) is 106 Å². The Balaban J connectivity index is 1.71. The number of benzene rings is 3. The van der Waals surface area contributed by atoms with E-state index in [2.05, 4.69) is 4.90 Å². The molecule has 0 radical (unpaired) electrons. The smallest absolute Gasteiger partial charge is 0.340 e. The van der Waals surface area contributed by atoms with Crippen LogP contribution in [0.4, 0.5) is 30.7 Å². The van der Waals surface area contributed by atoms with Gasteiger partial charge in [0, 0.05) is 32.6 Å². The van der Waals surface area contributed by atoms with Gasteiger partial charge in [0.05, 0.1) is 22.6 Å². The topological polar surface area (TPSA) is 23.6 Å².